The molecule has 0 aromatic heterocycles. The zero-order valence-electron chi connectivity index (χ0n) is 11.9. The molecule has 3 heteroatoms. The van der Waals surface area contributed by atoms with Gasteiger partial charge in [0.05, 0.1) is 6.04 Å². The summed E-state index contributed by atoms with van der Waals surface area (Å²) in [6.07, 6.45) is 2.90. The van der Waals surface area contributed by atoms with Crippen molar-refractivity contribution in [3.05, 3.63) is 35.4 Å². The normalized spacial score (nSPS) is 18.0. The Labute approximate surface area is 115 Å². The summed E-state index contributed by atoms with van der Waals surface area (Å²) >= 11 is 0. The number of carbonyl (C=O) groups excluding carboxylic acids is 1. The van der Waals surface area contributed by atoms with Gasteiger partial charge in [0.1, 0.15) is 0 Å². The van der Waals surface area contributed by atoms with Crippen molar-refractivity contribution in [2.75, 3.05) is 13.1 Å². The monoisotopic (exact) mass is 260 g/mol. The molecule has 1 aromatic carbocycles. The minimum absolute atomic E-state index is 0.0930. The topological polar surface area (TPSA) is 41.1 Å². The van der Waals surface area contributed by atoms with E-state index < -0.39 is 0 Å². The van der Waals surface area contributed by atoms with Crippen LogP contribution in [0.5, 0.6) is 0 Å². The number of nitrogens with one attached hydrogen (secondary N) is 2. The van der Waals surface area contributed by atoms with E-state index in [2.05, 4.69) is 36.6 Å². The predicted octanol–water partition coefficient (Wildman–Crippen LogP) is 2.56. The fraction of sp³-hybridized carbons (Fsp3) is 0.562. The molecule has 0 unspecified atom stereocenters. The molecule has 0 aliphatic carbocycles. The van der Waals surface area contributed by atoms with Gasteiger partial charge in [0.25, 0.3) is 0 Å². The minimum Gasteiger partial charge on any atom is -0.350 e. The first kappa shape index (κ1) is 14.1. The summed E-state index contributed by atoms with van der Waals surface area (Å²) in [7, 11) is 0. The average molecular weight is 260 g/mol. The second-order valence-electron chi connectivity index (χ2n) is 5.54. The SMILES string of the molecule is Cc1ccccc1[C@H](C)NC(=O)CC1CCNCC1. The predicted molar refractivity (Wildman–Crippen MR) is 77.9 cm³/mol. The maximum Gasteiger partial charge on any atom is 0.220 e. The molecule has 2 rings (SSSR count). The quantitative estimate of drug-likeness (QED) is 0.873. The molecule has 1 heterocycles. The molecule has 0 bridgehead atoms. The standard InChI is InChI=1S/C16H24N2O/c1-12-5-3-4-6-15(12)13(2)18-16(19)11-14-7-9-17-10-8-14/h3-6,13-14,17H,7-11H2,1-2H3,(H,18,19)/t13-/m0/s1. The van der Waals surface area contributed by atoms with E-state index in [1.54, 1.807) is 0 Å². The van der Waals surface area contributed by atoms with Crippen molar-refractivity contribution in [3.8, 4) is 0 Å². The van der Waals surface area contributed by atoms with Gasteiger partial charge in [0.15, 0.2) is 0 Å². The summed E-state index contributed by atoms with van der Waals surface area (Å²) in [6.45, 7) is 6.24. The average Bonchev–Trinajstić information content (AvgIpc) is 2.40. The number of piperidine rings is 1. The highest BCUT2D eigenvalue weighted by atomic mass is 16.1. The Balaban J connectivity index is 1.86. The molecule has 0 spiro atoms. The van der Waals surface area contributed by atoms with Gasteiger partial charge in [-0.15, -0.1) is 0 Å². The third-order valence-electron chi connectivity index (χ3n) is 3.97. The van der Waals surface area contributed by atoms with Crippen LogP contribution in [0.1, 0.15) is 43.4 Å². The van der Waals surface area contributed by atoms with Gasteiger partial charge in [0.2, 0.25) is 5.91 Å². The third kappa shape index (κ3) is 4.06. The molecule has 0 saturated carbocycles. The van der Waals surface area contributed by atoms with Gasteiger partial charge in [-0.25, -0.2) is 0 Å². The first-order chi connectivity index (χ1) is 9.16. The highest BCUT2D eigenvalue weighted by Crippen LogP contribution is 2.19. The molecule has 0 radical (unpaired) electrons. The van der Waals surface area contributed by atoms with E-state index >= 15 is 0 Å². The van der Waals surface area contributed by atoms with Gasteiger partial charge < -0.3 is 10.6 Å². The smallest absolute Gasteiger partial charge is 0.220 e. The third-order valence-corrected chi connectivity index (χ3v) is 3.97. The molecule has 1 aliphatic rings. The molecule has 3 nitrogen and oxygen atoms in total. The van der Waals surface area contributed by atoms with Crippen molar-refractivity contribution < 1.29 is 4.79 Å². The van der Waals surface area contributed by atoms with E-state index in [0.29, 0.717) is 12.3 Å². The van der Waals surface area contributed by atoms with Crippen molar-refractivity contribution in [2.24, 2.45) is 5.92 Å². The Kier molecular flexibility index (Phi) is 4.97. The van der Waals surface area contributed by atoms with E-state index in [0.717, 1.165) is 25.9 Å². The van der Waals surface area contributed by atoms with E-state index in [1.165, 1.54) is 11.1 Å². The van der Waals surface area contributed by atoms with E-state index in [4.69, 9.17) is 0 Å². The molecule has 1 amide bonds. The highest BCUT2D eigenvalue weighted by Gasteiger charge is 2.18. The molecule has 1 fully saturated rings. The van der Waals surface area contributed by atoms with Gasteiger partial charge in [-0.2, -0.15) is 0 Å². The minimum atomic E-state index is 0.0930. The molecule has 1 atom stereocenters. The summed E-state index contributed by atoms with van der Waals surface area (Å²) < 4.78 is 0. The number of hydrogen-bond acceptors (Lipinski definition) is 2. The Hall–Kier alpha value is -1.35. The van der Waals surface area contributed by atoms with Gasteiger partial charge >= 0.3 is 0 Å². The van der Waals surface area contributed by atoms with Crippen LogP contribution in [0.3, 0.4) is 0 Å². The van der Waals surface area contributed by atoms with Gasteiger partial charge in [-0.1, -0.05) is 24.3 Å². The molecule has 104 valence electrons. The molecular weight excluding hydrogens is 236 g/mol. The van der Waals surface area contributed by atoms with E-state index in [1.807, 2.05) is 12.1 Å². The number of aryl methyl sites for hydroxylation is 1. The first-order valence-electron chi connectivity index (χ1n) is 7.22. The Bertz CT molecular complexity index is 425. The lowest BCUT2D eigenvalue weighted by Crippen LogP contribution is -2.33. The summed E-state index contributed by atoms with van der Waals surface area (Å²) in [5.41, 5.74) is 2.44. The largest absolute Gasteiger partial charge is 0.350 e. The Morgan fingerprint density at radius 1 is 1.37 bits per heavy atom. The van der Waals surface area contributed by atoms with Crippen LogP contribution in [0.15, 0.2) is 24.3 Å². The molecule has 1 aromatic rings. The van der Waals surface area contributed by atoms with Crippen molar-refractivity contribution in [2.45, 2.75) is 39.2 Å². The van der Waals surface area contributed by atoms with Crippen LogP contribution < -0.4 is 10.6 Å². The van der Waals surface area contributed by atoms with Crippen LogP contribution in [0.25, 0.3) is 0 Å². The van der Waals surface area contributed by atoms with Crippen molar-refractivity contribution in [1.82, 2.24) is 10.6 Å². The van der Waals surface area contributed by atoms with Gasteiger partial charge in [0, 0.05) is 6.42 Å². The summed E-state index contributed by atoms with van der Waals surface area (Å²) in [4.78, 5) is 12.1. The second kappa shape index (κ2) is 6.71. The number of rotatable bonds is 4. The number of hydrogen-bond donors (Lipinski definition) is 2. The maximum absolute atomic E-state index is 12.1. The lowest BCUT2D eigenvalue weighted by atomic mass is 9.94. The zero-order chi connectivity index (χ0) is 13.7. The molecule has 19 heavy (non-hydrogen) atoms. The summed E-state index contributed by atoms with van der Waals surface area (Å²) in [6, 6.07) is 8.32. The van der Waals surface area contributed by atoms with Gasteiger partial charge in [-0.05, 0) is 56.8 Å². The number of benzene rings is 1. The fourth-order valence-corrected chi connectivity index (χ4v) is 2.80. The van der Waals surface area contributed by atoms with E-state index in [-0.39, 0.29) is 11.9 Å². The van der Waals surface area contributed by atoms with Crippen molar-refractivity contribution in [1.29, 1.82) is 0 Å². The van der Waals surface area contributed by atoms with Crippen LogP contribution in [0.4, 0.5) is 0 Å². The van der Waals surface area contributed by atoms with Crippen LogP contribution in [-0.2, 0) is 4.79 Å². The van der Waals surface area contributed by atoms with Gasteiger partial charge in [-0.3, -0.25) is 4.79 Å². The Morgan fingerprint density at radius 3 is 2.74 bits per heavy atom. The lowest BCUT2D eigenvalue weighted by molar-refractivity contribution is -0.122. The number of amides is 1. The second-order valence-corrected chi connectivity index (χ2v) is 5.54. The summed E-state index contributed by atoms with van der Waals surface area (Å²) in [5.74, 6) is 0.730. The lowest BCUT2D eigenvalue weighted by Gasteiger charge is -2.23. The van der Waals surface area contributed by atoms with Crippen molar-refractivity contribution in [3.63, 3.8) is 0 Å². The van der Waals surface area contributed by atoms with Crippen LogP contribution in [-0.4, -0.2) is 19.0 Å². The van der Waals surface area contributed by atoms with Crippen LogP contribution in [0, 0.1) is 12.8 Å². The molecular formula is C16H24N2O. The molecule has 2 N–H and O–H groups in total. The van der Waals surface area contributed by atoms with Crippen LogP contribution in [0.2, 0.25) is 0 Å². The summed E-state index contributed by atoms with van der Waals surface area (Å²) in [5, 5.41) is 6.46. The van der Waals surface area contributed by atoms with Crippen LogP contribution >= 0.6 is 0 Å². The van der Waals surface area contributed by atoms with Crippen molar-refractivity contribution >= 4 is 5.91 Å². The Morgan fingerprint density at radius 2 is 2.05 bits per heavy atom. The maximum atomic E-state index is 12.1. The van der Waals surface area contributed by atoms with E-state index in [9.17, 15) is 4.79 Å². The number of carbonyl (C=O) groups is 1. The fourth-order valence-electron chi connectivity index (χ4n) is 2.80. The first-order valence-corrected chi connectivity index (χ1v) is 7.22. The molecule has 1 aliphatic heterocycles. The highest BCUT2D eigenvalue weighted by molar-refractivity contribution is 5.76. The zero-order valence-corrected chi connectivity index (χ0v) is 11.9. The molecule has 1 saturated heterocycles.